The summed E-state index contributed by atoms with van der Waals surface area (Å²) in [7, 11) is 0. The van der Waals surface area contributed by atoms with Crippen molar-refractivity contribution in [3.05, 3.63) is 59.7 Å². The molecule has 0 bridgehead atoms. The lowest BCUT2D eigenvalue weighted by atomic mass is 10.1. The Balaban J connectivity index is 1.54. The van der Waals surface area contributed by atoms with Crippen LogP contribution >= 0.6 is 0 Å². The van der Waals surface area contributed by atoms with Crippen molar-refractivity contribution in [2.75, 3.05) is 31.6 Å². The van der Waals surface area contributed by atoms with Gasteiger partial charge in [0, 0.05) is 30.9 Å². The van der Waals surface area contributed by atoms with Gasteiger partial charge in [0.25, 0.3) is 5.91 Å². The molecule has 1 amide bonds. The fourth-order valence-electron chi connectivity index (χ4n) is 2.91. The van der Waals surface area contributed by atoms with Crippen LogP contribution in [0.3, 0.4) is 0 Å². The van der Waals surface area contributed by atoms with E-state index in [9.17, 15) is 4.79 Å². The smallest absolute Gasteiger partial charge is 0.255 e. The molecule has 0 saturated carbocycles. The van der Waals surface area contributed by atoms with Gasteiger partial charge in [-0.1, -0.05) is 19.1 Å². The molecule has 3 rings (SSSR count). The number of anilines is 1. The first kappa shape index (κ1) is 19.4. The van der Waals surface area contributed by atoms with Gasteiger partial charge >= 0.3 is 0 Å². The van der Waals surface area contributed by atoms with Crippen LogP contribution in [0, 0.1) is 0 Å². The summed E-state index contributed by atoms with van der Waals surface area (Å²) in [5.74, 6) is 0.666. The van der Waals surface area contributed by atoms with Crippen LogP contribution in [-0.2, 0) is 11.3 Å². The Hall–Kier alpha value is -2.37. The second-order valence-electron chi connectivity index (χ2n) is 6.90. The molecular weight excluding hydrogens is 340 g/mol. The average Bonchev–Trinajstić information content (AvgIpc) is 2.70. The Bertz CT molecular complexity index is 722. The normalized spacial score (nSPS) is 15.9. The summed E-state index contributed by atoms with van der Waals surface area (Å²) in [6.45, 7) is 8.56. The number of nitrogens with zero attached hydrogens (tertiary/aromatic N) is 1. The molecule has 1 aliphatic rings. The lowest BCUT2D eigenvalue weighted by Crippen LogP contribution is -2.35. The van der Waals surface area contributed by atoms with Crippen LogP contribution in [-0.4, -0.2) is 43.2 Å². The molecule has 1 atom stereocenters. The van der Waals surface area contributed by atoms with Crippen molar-refractivity contribution in [1.29, 1.82) is 0 Å². The second kappa shape index (κ2) is 9.53. The summed E-state index contributed by atoms with van der Waals surface area (Å²) < 4.78 is 11.1. The van der Waals surface area contributed by atoms with Gasteiger partial charge in [0.2, 0.25) is 0 Å². The number of benzene rings is 2. The fourth-order valence-corrected chi connectivity index (χ4v) is 2.91. The van der Waals surface area contributed by atoms with E-state index in [1.54, 1.807) is 12.1 Å². The highest BCUT2D eigenvalue weighted by atomic mass is 16.5. The summed E-state index contributed by atoms with van der Waals surface area (Å²) >= 11 is 0. The third kappa shape index (κ3) is 5.81. The van der Waals surface area contributed by atoms with E-state index in [0.29, 0.717) is 5.56 Å². The Morgan fingerprint density at radius 3 is 2.41 bits per heavy atom. The van der Waals surface area contributed by atoms with Gasteiger partial charge in [-0.2, -0.15) is 0 Å². The molecule has 27 heavy (non-hydrogen) atoms. The van der Waals surface area contributed by atoms with Crippen molar-refractivity contribution < 1.29 is 14.3 Å². The van der Waals surface area contributed by atoms with Crippen molar-refractivity contribution in [3.63, 3.8) is 0 Å². The molecule has 0 aromatic heterocycles. The topological polar surface area (TPSA) is 50.8 Å². The number of carbonyl (C=O) groups excluding carboxylic acids is 1. The third-order valence-electron chi connectivity index (χ3n) is 4.75. The highest BCUT2D eigenvalue weighted by Gasteiger charge is 2.11. The lowest BCUT2D eigenvalue weighted by Gasteiger charge is -2.26. The molecule has 0 radical (unpaired) electrons. The SMILES string of the molecule is CC[C@@H](C)Oc1ccc(C(=O)Nc2ccc(CN3CCOCC3)cc2)cc1. The number of amides is 1. The number of nitrogens with one attached hydrogen (secondary N) is 1. The van der Waals surface area contributed by atoms with Gasteiger partial charge in [0.05, 0.1) is 19.3 Å². The standard InChI is InChI=1S/C22H28N2O3/c1-3-17(2)27-21-10-6-19(7-11-21)22(25)23-20-8-4-18(5-9-20)16-24-12-14-26-15-13-24/h4-11,17H,3,12-16H2,1-2H3,(H,23,25)/t17-/m1/s1. The van der Waals surface area contributed by atoms with E-state index in [1.165, 1.54) is 5.56 Å². The van der Waals surface area contributed by atoms with Crippen molar-refractivity contribution in [2.24, 2.45) is 0 Å². The van der Waals surface area contributed by atoms with Crippen LogP contribution in [0.4, 0.5) is 5.69 Å². The van der Waals surface area contributed by atoms with Crippen molar-refractivity contribution >= 4 is 11.6 Å². The average molecular weight is 368 g/mol. The second-order valence-corrected chi connectivity index (χ2v) is 6.90. The van der Waals surface area contributed by atoms with Gasteiger partial charge in [-0.05, 0) is 55.3 Å². The van der Waals surface area contributed by atoms with E-state index < -0.39 is 0 Å². The molecular formula is C22H28N2O3. The van der Waals surface area contributed by atoms with Gasteiger partial charge in [-0.25, -0.2) is 0 Å². The van der Waals surface area contributed by atoms with E-state index in [0.717, 1.165) is 50.7 Å². The molecule has 1 fully saturated rings. The number of rotatable bonds is 7. The highest BCUT2D eigenvalue weighted by molar-refractivity contribution is 6.04. The molecule has 1 heterocycles. The number of hydrogen-bond donors (Lipinski definition) is 1. The zero-order chi connectivity index (χ0) is 19.1. The van der Waals surface area contributed by atoms with Crippen molar-refractivity contribution in [2.45, 2.75) is 32.9 Å². The molecule has 1 N–H and O–H groups in total. The van der Waals surface area contributed by atoms with E-state index in [1.807, 2.05) is 31.2 Å². The Labute approximate surface area is 161 Å². The maximum atomic E-state index is 12.4. The van der Waals surface area contributed by atoms with E-state index in [4.69, 9.17) is 9.47 Å². The van der Waals surface area contributed by atoms with Crippen LogP contribution in [0.15, 0.2) is 48.5 Å². The van der Waals surface area contributed by atoms with E-state index in [2.05, 4.69) is 29.3 Å². The number of ether oxygens (including phenoxy) is 2. The Morgan fingerprint density at radius 1 is 1.11 bits per heavy atom. The molecule has 5 nitrogen and oxygen atoms in total. The maximum absolute atomic E-state index is 12.4. The third-order valence-corrected chi connectivity index (χ3v) is 4.75. The van der Waals surface area contributed by atoms with Crippen molar-refractivity contribution in [1.82, 2.24) is 4.90 Å². The predicted octanol–water partition coefficient (Wildman–Crippen LogP) is 3.95. The predicted molar refractivity (Wildman–Crippen MR) is 107 cm³/mol. The molecule has 0 aliphatic carbocycles. The lowest BCUT2D eigenvalue weighted by molar-refractivity contribution is 0.0342. The summed E-state index contributed by atoms with van der Waals surface area (Å²) in [6, 6.07) is 15.3. The Morgan fingerprint density at radius 2 is 1.78 bits per heavy atom. The first-order valence-corrected chi connectivity index (χ1v) is 9.61. The number of hydrogen-bond acceptors (Lipinski definition) is 4. The molecule has 0 unspecified atom stereocenters. The minimum Gasteiger partial charge on any atom is -0.491 e. The van der Waals surface area contributed by atoms with Crippen LogP contribution in [0.5, 0.6) is 5.75 Å². The molecule has 1 aliphatic heterocycles. The van der Waals surface area contributed by atoms with Crippen molar-refractivity contribution in [3.8, 4) is 5.75 Å². The van der Waals surface area contributed by atoms with Gasteiger partial charge in [-0.3, -0.25) is 9.69 Å². The summed E-state index contributed by atoms with van der Waals surface area (Å²) in [4.78, 5) is 14.8. The van der Waals surface area contributed by atoms with Crippen LogP contribution in [0.25, 0.3) is 0 Å². The summed E-state index contributed by atoms with van der Waals surface area (Å²) in [5, 5.41) is 2.95. The molecule has 2 aromatic carbocycles. The first-order chi connectivity index (χ1) is 13.1. The summed E-state index contributed by atoms with van der Waals surface area (Å²) in [5.41, 5.74) is 2.65. The largest absolute Gasteiger partial charge is 0.491 e. The minimum absolute atomic E-state index is 0.119. The first-order valence-electron chi connectivity index (χ1n) is 9.61. The fraction of sp³-hybridized carbons (Fsp3) is 0.409. The van der Waals surface area contributed by atoms with Crippen LogP contribution in [0.1, 0.15) is 36.2 Å². The van der Waals surface area contributed by atoms with Gasteiger partial charge in [0.1, 0.15) is 5.75 Å². The quantitative estimate of drug-likeness (QED) is 0.804. The highest BCUT2D eigenvalue weighted by Crippen LogP contribution is 2.17. The zero-order valence-corrected chi connectivity index (χ0v) is 16.1. The minimum atomic E-state index is -0.119. The van der Waals surface area contributed by atoms with Gasteiger partial charge in [0.15, 0.2) is 0 Å². The van der Waals surface area contributed by atoms with Gasteiger partial charge in [-0.15, -0.1) is 0 Å². The molecule has 144 valence electrons. The maximum Gasteiger partial charge on any atom is 0.255 e. The number of carbonyl (C=O) groups is 1. The van der Waals surface area contributed by atoms with Crippen LogP contribution in [0.2, 0.25) is 0 Å². The number of morpholine rings is 1. The molecule has 2 aromatic rings. The summed E-state index contributed by atoms with van der Waals surface area (Å²) in [6.07, 6.45) is 1.12. The van der Waals surface area contributed by atoms with E-state index in [-0.39, 0.29) is 12.0 Å². The zero-order valence-electron chi connectivity index (χ0n) is 16.1. The molecule has 1 saturated heterocycles. The molecule has 0 spiro atoms. The Kier molecular flexibility index (Phi) is 6.85. The van der Waals surface area contributed by atoms with Crippen LogP contribution < -0.4 is 10.1 Å². The van der Waals surface area contributed by atoms with E-state index >= 15 is 0 Å². The van der Waals surface area contributed by atoms with Gasteiger partial charge < -0.3 is 14.8 Å². The molecule has 5 heteroatoms. The monoisotopic (exact) mass is 368 g/mol.